The van der Waals surface area contributed by atoms with Gasteiger partial charge in [0, 0.05) is 18.2 Å². The maximum atomic E-state index is 14.2. The second-order valence-electron chi connectivity index (χ2n) is 5.50. The number of carbonyl (C=O) groups is 1. The smallest absolute Gasteiger partial charge is 0.224 e. The summed E-state index contributed by atoms with van der Waals surface area (Å²) in [6, 6.07) is 2.41. The summed E-state index contributed by atoms with van der Waals surface area (Å²) in [4.78, 5) is 12.2. The summed E-state index contributed by atoms with van der Waals surface area (Å²) in [6.45, 7) is 3.38. The third-order valence-corrected chi connectivity index (χ3v) is 4.00. The maximum absolute atomic E-state index is 14.2. The Morgan fingerprint density at radius 1 is 1.35 bits per heavy atom. The molecule has 1 aromatic carbocycles. The highest BCUT2D eigenvalue weighted by Gasteiger charge is 2.24. The number of halogens is 2. The van der Waals surface area contributed by atoms with Crippen LogP contribution in [0.5, 0.6) is 11.5 Å². The van der Waals surface area contributed by atoms with Crippen molar-refractivity contribution >= 4 is 18.3 Å². The molecule has 0 spiro atoms. The highest BCUT2D eigenvalue weighted by Crippen LogP contribution is 2.32. The quantitative estimate of drug-likeness (QED) is 0.859. The van der Waals surface area contributed by atoms with E-state index >= 15 is 0 Å². The van der Waals surface area contributed by atoms with Crippen LogP contribution in [0.2, 0.25) is 0 Å². The van der Waals surface area contributed by atoms with Gasteiger partial charge in [-0.15, -0.1) is 12.4 Å². The number of benzene rings is 1. The number of hydrogen-bond acceptors (Lipinski definition) is 4. The first-order chi connectivity index (χ1) is 10.6. The zero-order chi connectivity index (χ0) is 16.1. The summed E-state index contributed by atoms with van der Waals surface area (Å²) in [5, 5.41) is 6.08. The highest BCUT2D eigenvalue weighted by atomic mass is 35.5. The monoisotopic (exact) mass is 346 g/mol. The van der Waals surface area contributed by atoms with Gasteiger partial charge in [-0.1, -0.05) is 0 Å². The van der Waals surface area contributed by atoms with Gasteiger partial charge in [0.2, 0.25) is 5.91 Å². The Kier molecular flexibility index (Phi) is 7.58. The zero-order valence-corrected chi connectivity index (χ0v) is 14.5. The van der Waals surface area contributed by atoms with Crippen LogP contribution >= 0.6 is 12.4 Å². The molecule has 23 heavy (non-hydrogen) atoms. The van der Waals surface area contributed by atoms with E-state index in [9.17, 15) is 9.18 Å². The van der Waals surface area contributed by atoms with Crippen LogP contribution in [-0.2, 0) is 4.79 Å². The van der Waals surface area contributed by atoms with Gasteiger partial charge in [-0.25, -0.2) is 4.39 Å². The SMILES string of the molecule is COc1cc(F)c(C(C)NC(=O)C2CCCNC2)cc1OC.Cl. The molecular formula is C16H24ClFN2O3. The van der Waals surface area contributed by atoms with Crippen LogP contribution < -0.4 is 20.1 Å². The van der Waals surface area contributed by atoms with Crippen molar-refractivity contribution < 1.29 is 18.7 Å². The third-order valence-electron chi connectivity index (χ3n) is 4.00. The fraction of sp³-hybridized carbons (Fsp3) is 0.562. The first-order valence-electron chi connectivity index (χ1n) is 7.49. The highest BCUT2D eigenvalue weighted by molar-refractivity contribution is 5.85. The number of methoxy groups -OCH3 is 2. The van der Waals surface area contributed by atoms with E-state index in [1.54, 1.807) is 13.0 Å². The second kappa shape index (κ2) is 8.93. The molecule has 1 heterocycles. The standard InChI is InChI=1S/C16H23FN2O3.ClH/c1-10(19-16(20)11-5-4-6-18-9-11)12-7-14(21-2)15(22-3)8-13(12)17;/h7-8,10-11,18H,4-6,9H2,1-3H3,(H,19,20);1H. The summed E-state index contributed by atoms with van der Waals surface area (Å²) in [5.74, 6) is 0.249. The lowest BCUT2D eigenvalue weighted by atomic mass is 9.97. The zero-order valence-electron chi connectivity index (χ0n) is 13.6. The molecule has 0 radical (unpaired) electrons. The molecule has 1 saturated heterocycles. The maximum Gasteiger partial charge on any atom is 0.224 e. The molecule has 0 saturated carbocycles. The second-order valence-corrected chi connectivity index (χ2v) is 5.50. The van der Waals surface area contributed by atoms with Crippen molar-refractivity contribution in [1.29, 1.82) is 0 Å². The number of ether oxygens (including phenoxy) is 2. The number of hydrogen-bond donors (Lipinski definition) is 2. The van der Waals surface area contributed by atoms with E-state index in [1.807, 2.05) is 0 Å². The Labute approximate surface area is 142 Å². The number of amides is 1. The van der Waals surface area contributed by atoms with Crippen molar-refractivity contribution in [3.63, 3.8) is 0 Å². The molecule has 0 aliphatic carbocycles. The van der Waals surface area contributed by atoms with Crippen LogP contribution in [-0.4, -0.2) is 33.2 Å². The minimum Gasteiger partial charge on any atom is -0.493 e. The van der Waals surface area contributed by atoms with E-state index in [-0.39, 0.29) is 24.2 Å². The Bertz CT molecular complexity index is 536. The largest absolute Gasteiger partial charge is 0.493 e. The summed E-state index contributed by atoms with van der Waals surface area (Å²) in [5.41, 5.74) is 0.384. The Morgan fingerprint density at radius 3 is 2.57 bits per heavy atom. The lowest BCUT2D eigenvalue weighted by molar-refractivity contribution is -0.126. The fourth-order valence-corrected chi connectivity index (χ4v) is 2.69. The number of nitrogens with one attached hydrogen (secondary N) is 2. The fourth-order valence-electron chi connectivity index (χ4n) is 2.69. The summed E-state index contributed by atoms with van der Waals surface area (Å²) in [6.07, 6.45) is 1.84. The molecule has 5 nitrogen and oxygen atoms in total. The molecule has 7 heteroatoms. The molecule has 0 aromatic heterocycles. The van der Waals surface area contributed by atoms with Crippen LogP contribution in [0.4, 0.5) is 4.39 Å². The minimum absolute atomic E-state index is 0. The molecule has 2 unspecified atom stereocenters. The molecule has 2 N–H and O–H groups in total. The van der Waals surface area contributed by atoms with Crippen molar-refractivity contribution in [2.75, 3.05) is 27.3 Å². The van der Waals surface area contributed by atoms with Crippen molar-refractivity contribution in [2.45, 2.75) is 25.8 Å². The van der Waals surface area contributed by atoms with Gasteiger partial charge >= 0.3 is 0 Å². The van der Waals surface area contributed by atoms with Crippen LogP contribution in [0.1, 0.15) is 31.4 Å². The van der Waals surface area contributed by atoms with Crippen molar-refractivity contribution in [2.24, 2.45) is 5.92 Å². The normalized spacial score (nSPS) is 18.5. The third kappa shape index (κ3) is 4.72. The van der Waals surface area contributed by atoms with Gasteiger partial charge in [-0.3, -0.25) is 4.79 Å². The number of carbonyl (C=O) groups excluding carboxylic acids is 1. The average molecular weight is 347 g/mol. The Hall–Kier alpha value is -1.53. The van der Waals surface area contributed by atoms with E-state index in [0.717, 1.165) is 19.4 Å². The molecule has 130 valence electrons. The van der Waals surface area contributed by atoms with E-state index in [0.29, 0.717) is 23.6 Å². The van der Waals surface area contributed by atoms with Gasteiger partial charge in [0.25, 0.3) is 0 Å². The van der Waals surface area contributed by atoms with Crippen LogP contribution in [0.3, 0.4) is 0 Å². The van der Waals surface area contributed by atoms with Gasteiger partial charge in [0.05, 0.1) is 26.2 Å². The topological polar surface area (TPSA) is 59.6 Å². The van der Waals surface area contributed by atoms with E-state index in [2.05, 4.69) is 10.6 Å². The van der Waals surface area contributed by atoms with E-state index in [4.69, 9.17) is 9.47 Å². The number of piperidine rings is 1. The van der Waals surface area contributed by atoms with Crippen molar-refractivity contribution in [1.82, 2.24) is 10.6 Å². The van der Waals surface area contributed by atoms with E-state index < -0.39 is 11.9 Å². The molecule has 1 amide bonds. The van der Waals surface area contributed by atoms with Gasteiger partial charge in [0.1, 0.15) is 5.82 Å². The van der Waals surface area contributed by atoms with Crippen LogP contribution in [0, 0.1) is 11.7 Å². The minimum atomic E-state index is -0.436. The predicted octanol–water partition coefficient (Wildman–Crippen LogP) is 2.44. The lowest BCUT2D eigenvalue weighted by Gasteiger charge is -2.24. The van der Waals surface area contributed by atoms with E-state index in [1.165, 1.54) is 20.3 Å². The molecular weight excluding hydrogens is 323 g/mol. The summed E-state index contributed by atoms with van der Waals surface area (Å²) < 4.78 is 24.5. The average Bonchev–Trinajstić information content (AvgIpc) is 2.55. The Balaban J connectivity index is 0.00000264. The molecule has 0 bridgehead atoms. The first kappa shape index (κ1) is 19.5. The van der Waals surface area contributed by atoms with Crippen LogP contribution in [0.25, 0.3) is 0 Å². The lowest BCUT2D eigenvalue weighted by Crippen LogP contribution is -2.41. The molecule has 1 aromatic rings. The molecule has 1 aliphatic rings. The predicted molar refractivity (Wildman–Crippen MR) is 88.9 cm³/mol. The van der Waals surface area contributed by atoms with Crippen LogP contribution in [0.15, 0.2) is 12.1 Å². The molecule has 2 rings (SSSR count). The first-order valence-corrected chi connectivity index (χ1v) is 7.49. The molecule has 1 aliphatic heterocycles. The summed E-state index contributed by atoms with van der Waals surface area (Å²) >= 11 is 0. The van der Waals surface area contributed by atoms with Crippen molar-refractivity contribution in [3.8, 4) is 11.5 Å². The van der Waals surface area contributed by atoms with Crippen molar-refractivity contribution in [3.05, 3.63) is 23.5 Å². The summed E-state index contributed by atoms with van der Waals surface area (Å²) in [7, 11) is 2.95. The molecule has 2 atom stereocenters. The van der Waals surface area contributed by atoms with Gasteiger partial charge in [-0.05, 0) is 32.4 Å². The van der Waals surface area contributed by atoms with Gasteiger partial charge in [-0.2, -0.15) is 0 Å². The van der Waals surface area contributed by atoms with Gasteiger partial charge < -0.3 is 20.1 Å². The van der Waals surface area contributed by atoms with Gasteiger partial charge in [0.15, 0.2) is 11.5 Å². The number of rotatable bonds is 5. The molecule has 1 fully saturated rings. The Morgan fingerprint density at radius 2 is 2.00 bits per heavy atom.